The number of aliphatic hydroxyl groups excluding tert-OH is 1. The predicted molar refractivity (Wildman–Crippen MR) is 114 cm³/mol. The number of guanidine groups is 1. The summed E-state index contributed by atoms with van der Waals surface area (Å²) in [6.07, 6.45) is 0.134. The lowest BCUT2D eigenvalue weighted by atomic mass is 10.1. The zero-order valence-corrected chi connectivity index (χ0v) is 16.9. The number of aliphatic imine (C=N–C) groups is 1. The number of rotatable bonds is 7. The number of aliphatic hydroxyl groups is 1. The zero-order valence-electron chi connectivity index (χ0n) is 14.6. The van der Waals surface area contributed by atoms with E-state index in [1.54, 1.807) is 0 Å². The molecule has 0 aliphatic carbocycles. The SMILES string of the molecule is CC(C)Oc1ccc(NC(N)=NCC(O)Cc2ccccc2)cc1.I. The molecule has 5 nitrogen and oxygen atoms in total. The molecule has 0 bridgehead atoms. The molecule has 1 atom stereocenters. The molecule has 0 fully saturated rings. The molecule has 25 heavy (non-hydrogen) atoms. The third-order valence-corrected chi connectivity index (χ3v) is 3.29. The maximum atomic E-state index is 10.0. The smallest absolute Gasteiger partial charge is 0.193 e. The van der Waals surface area contributed by atoms with Crippen LogP contribution in [0.4, 0.5) is 5.69 Å². The largest absolute Gasteiger partial charge is 0.491 e. The van der Waals surface area contributed by atoms with Crippen molar-refractivity contribution in [2.45, 2.75) is 32.5 Å². The van der Waals surface area contributed by atoms with Crippen LogP contribution < -0.4 is 15.8 Å². The first-order valence-electron chi connectivity index (χ1n) is 8.08. The highest BCUT2D eigenvalue weighted by atomic mass is 127. The first-order chi connectivity index (χ1) is 11.5. The van der Waals surface area contributed by atoms with Crippen LogP contribution >= 0.6 is 24.0 Å². The number of benzene rings is 2. The second kappa shape index (κ2) is 10.9. The number of anilines is 1. The van der Waals surface area contributed by atoms with E-state index in [-0.39, 0.29) is 42.6 Å². The average Bonchev–Trinajstić information content (AvgIpc) is 2.55. The average molecular weight is 455 g/mol. The normalized spacial score (nSPS) is 12.4. The number of hydrogen-bond donors (Lipinski definition) is 3. The standard InChI is InChI=1S/C19H25N3O2.HI/c1-14(2)24-18-10-8-16(9-11-18)22-19(20)21-13-17(23)12-15-6-4-3-5-7-15;/h3-11,14,17,23H,12-13H2,1-2H3,(H3,20,21,22);1H. The Hall–Kier alpha value is -1.80. The van der Waals surface area contributed by atoms with Crippen molar-refractivity contribution < 1.29 is 9.84 Å². The highest BCUT2D eigenvalue weighted by molar-refractivity contribution is 14.0. The lowest BCUT2D eigenvalue weighted by molar-refractivity contribution is 0.184. The van der Waals surface area contributed by atoms with Crippen molar-refractivity contribution in [2.24, 2.45) is 10.7 Å². The van der Waals surface area contributed by atoms with Gasteiger partial charge in [0.2, 0.25) is 0 Å². The maximum Gasteiger partial charge on any atom is 0.193 e. The van der Waals surface area contributed by atoms with E-state index in [4.69, 9.17) is 10.5 Å². The van der Waals surface area contributed by atoms with Gasteiger partial charge in [-0.1, -0.05) is 30.3 Å². The molecule has 136 valence electrons. The molecule has 0 aliphatic rings. The number of nitrogens with two attached hydrogens (primary N) is 1. The monoisotopic (exact) mass is 455 g/mol. The van der Waals surface area contributed by atoms with Crippen LogP contribution in [0.25, 0.3) is 0 Å². The zero-order chi connectivity index (χ0) is 17.4. The van der Waals surface area contributed by atoms with Gasteiger partial charge in [-0.15, -0.1) is 24.0 Å². The molecule has 4 N–H and O–H groups in total. The van der Waals surface area contributed by atoms with Gasteiger partial charge < -0.3 is 20.9 Å². The summed E-state index contributed by atoms with van der Waals surface area (Å²) in [6, 6.07) is 17.3. The van der Waals surface area contributed by atoms with Crippen LogP contribution in [-0.4, -0.2) is 29.8 Å². The van der Waals surface area contributed by atoms with Crippen LogP contribution in [0.3, 0.4) is 0 Å². The number of ether oxygens (including phenoxy) is 1. The molecule has 0 radical (unpaired) electrons. The van der Waals surface area contributed by atoms with E-state index < -0.39 is 6.10 Å². The van der Waals surface area contributed by atoms with Crippen LogP contribution in [0.1, 0.15) is 19.4 Å². The van der Waals surface area contributed by atoms with Gasteiger partial charge in [-0.2, -0.15) is 0 Å². The van der Waals surface area contributed by atoms with Crippen molar-refractivity contribution >= 4 is 35.6 Å². The highest BCUT2D eigenvalue weighted by Crippen LogP contribution is 2.16. The van der Waals surface area contributed by atoms with Crippen molar-refractivity contribution in [1.82, 2.24) is 0 Å². The number of nitrogens with zero attached hydrogens (tertiary/aromatic N) is 1. The summed E-state index contributed by atoms with van der Waals surface area (Å²) in [4.78, 5) is 4.19. The molecular formula is C19H26IN3O2. The fourth-order valence-electron chi connectivity index (χ4n) is 2.23. The summed E-state index contributed by atoms with van der Waals surface area (Å²) in [5.41, 5.74) is 7.76. The van der Waals surface area contributed by atoms with Crippen molar-refractivity contribution in [1.29, 1.82) is 0 Å². The van der Waals surface area contributed by atoms with E-state index in [1.165, 1.54) is 0 Å². The maximum absolute atomic E-state index is 10.0. The number of halogens is 1. The molecule has 0 amide bonds. The van der Waals surface area contributed by atoms with Crippen molar-refractivity contribution in [3.63, 3.8) is 0 Å². The molecule has 1 unspecified atom stereocenters. The Balaban J connectivity index is 0.00000312. The van der Waals surface area contributed by atoms with E-state index in [0.717, 1.165) is 17.0 Å². The summed E-state index contributed by atoms with van der Waals surface area (Å²) in [7, 11) is 0. The van der Waals surface area contributed by atoms with Gasteiger partial charge in [0, 0.05) is 12.1 Å². The number of nitrogens with one attached hydrogen (secondary N) is 1. The van der Waals surface area contributed by atoms with Gasteiger partial charge >= 0.3 is 0 Å². The summed E-state index contributed by atoms with van der Waals surface area (Å²) < 4.78 is 5.59. The Labute approximate surface area is 166 Å². The molecule has 0 saturated carbocycles. The molecule has 2 aromatic carbocycles. The van der Waals surface area contributed by atoms with Gasteiger partial charge in [-0.3, -0.25) is 4.99 Å². The van der Waals surface area contributed by atoms with Gasteiger partial charge in [-0.05, 0) is 43.7 Å². The molecule has 0 spiro atoms. The van der Waals surface area contributed by atoms with Gasteiger partial charge in [0.05, 0.1) is 18.8 Å². The summed E-state index contributed by atoms with van der Waals surface area (Å²) in [5, 5.41) is 13.0. The van der Waals surface area contributed by atoms with Crippen LogP contribution in [0.15, 0.2) is 59.6 Å². The topological polar surface area (TPSA) is 79.9 Å². The first-order valence-corrected chi connectivity index (χ1v) is 8.08. The molecule has 0 saturated heterocycles. The number of hydrogen-bond acceptors (Lipinski definition) is 3. The Morgan fingerprint density at radius 1 is 1.12 bits per heavy atom. The van der Waals surface area contributed by atoms with Gasteiger partial charge in [0.1, 0.15) is 5.75 Å². The van der Waals surface area contributed by atoms with E-state index >= 15 is 0 Å². The lowest BCUT2D eigenvalue weighted by Gasteiger charge is -2.11. The predicted octanol–water partition coefficient (Wildman–Crippen LogP) is 3.42. The van der Waals surface area contributed by atoms with Crippen molar-refractivity contribution in [2.75, 3.05) is 11.9 Å². The summed E-state index contributed by atoms with van der Waals surface area (Å²) >= 11 is 0. The van der Waals surface area contributed by atoms with Crippen molar-refractivity contribution in [3.05, 3.63) is 60.2 Å². The van der Waals surface area contributed by atoms with E-state index in [1.807, 2.05) is 68.4 Å². The molecule has 6 heteroatoms. The Morgan fingerprint density at radius 2 is 1.76 bits per heavy atom. The second-order valence-electron chi connectivity index (χ2n) is 5.89. The minimum Gasteiger partial charge on any atom is -0.491 e. The fourth-order valence-corrected chi connectivity index (χ4v) is 2.23. The molecule has 2 aromatic rings. The third kappa shape index (κ3) is 8.22. The van der Waals surface area contributed by atoms with Crippen molar-refractivity contribution in [3.8, 4) is 5.75 Å². The molecule has 0 aromatic heterocycles. The minimum absolute atomic E-state index is 0. The molecule has 0 aliphatic heterocycles. The second-order valence-corrected chi connectivity index (χ2v) is 5.89. The Morgan fingerprint density at radius 3 is 2.36 bits per heavy atom. The minimum atomic E-state index is -0.561. The third-order valence-electron chi connectivity index (χ3n) is 3.29. The summed E-state index contributed by atoms with van der Waals surface area (Å²) in [5.74, 6) is 1.09. The van der Waals surface area contributed by atoms with Crippen LogP contribution in [-0.2, 0) is 6.42 Å². The molecule has 0 heterocycles. The van der Waals surface area contributed by atoms with Gasteiger partial charge in [-0.25, -0.2) is 0 Å². The van der Waals surface area contributed by atoms with E-state index in [2.05, 4.69) is 10.3 Å². The van der Waals surface area contributed by atoms with Crippen LogP contribution in [0.2, 0.25) is 0 Å². The highest BCUT2D eigenvalue weighted by Gasteiger charge is 2.05. The quantitative estimate of drug-likeness (QED) is 0.340. The van der Waals surface area contributed by atoms with Gasteiger partial charge in [0.25, 0.3) is 0 Å². The molecular weight excluding hydrogens is 429 g/mol. The van der Waals surface area contributed by atoms with Crippen LogP contribution in [0.5, 0.6) is 5.75 Å². The van der Waals surface area contributed by atoms with Gasteiger partial charge in [0.15, 0.2) is 5.96 Å². The first kappa shape index (κ1) is 21.2. The Kier molecular flexibility index (Phi) is 9.30. The lowest BCUT2D eigenvalue weighted by Crippen LogP contribution is -2.25. The van der Waals surface area contributed by atoms with E-state index in [9.17, 15) is 5.11 Å². The van der Waals surface area contributed by atoms with E-state index in [0.29, 0.717) is 6.42 Å². The molecule has 2 rings (SSSR count). The summed E-state index contributed by atoms with van der Waals surface area (Å²) in [6.45, 7) is 4.22. The Bertz CT molecular complexity index is 645. The van der Waals surface area contributed by atoms with Crippen LogP contribution in [0, 0.1) is 0 Å². The fraction of sp³-hybridized carbons (Fsp3) is 0.316.